The van der Waals surface area contributed by atoms with Crippen LogP contribution in [0.15, 0.2) is 36.8 Å². The van der Waals surface area contributed by atoms with Gasteiger partial charge in [-0.1, -0.05) is 12.5 Å². The highest BCUT2D eigenvalue weighted by molar-refractivity contribution is 5.92. The number of benzene rings is 1. The Morgan fingerprint density at radius 1 is 1.14 bits per heavy atom. The summed E-state index contributed by atoms with van der Waals surface area (Å²) in [5.74, 6) is 0.920. The Hall–Kier alpha value is -3.38. The van der Waals surface area contributed by atoms with Gasteiger partial charge in [-0.25, -0.2) is 20.3 Å². The highest BCUT2D eigenvalue weighted by Crippen LogP contribution is 2.24. The molecule has 1 unspecified atom stereocenters. The van der Waals surface area contributed by atoms with Crippen molar-refractivity contribution in [2.24, 2.45) is 13.0 Å². The quantitative estimate of drug-likeness (QED) is 0.294. The average Bonchev–Trinajstić information content (AvgIpc) is 3.34. The number of aromatic nitrogens is 3. The van der Waals surface area contributed by atoms with Crippen molar-refractivity contribution in [1.29, 1.82) is 0 Å². The molecule has 3 aromatic rings. The molecule has 2 N–H and O–H groups in total. The fourth-order valence-electron chi connectivity index (χ4n) is 5.69. The van der Waals surface area contributed by atoms with Gasteiger partial charge in [0.25, 0.3) is 5.91 Å². The molecule has 2 fully saturated rings. The van der Waals surface area contributed by atoms with Gasteiger partial charge in [0.2, 0.25) is 5.95 Å². The lowest BCUT2D eigenvalue weighted by atomic mass is 9.97. The number of piperidine rings is 1. The number of anilines is 1. The third kappa shape index (κ3) is 7.91. The lowest BCUT2D eigenvalue weighted by molar-refractivity contribution is -0.368. The van der Waals surface area contributed by atoms with Crippen molar-refractivity contribution >= 4 is 28.5 Å². The van der Waals surface area contributed by atoms with Crippen molar-refractivity contribution in [3.8, 4) is 0 Å². The van der Waals surface area contributed by atoms with Crippen LogP contribution in [0.2, 0.25) is 0 Å². The maximum Gasteiger partial charge on any atom is 0.278 e. The predicted octanol–water partition coefficient (Wildman–Crippen LogP) is 2.41. The van der Waals surface area contributed by atoms with E-state index in [0.29, 0.717) is 43.3 Å². The first-order chi connectivity index (χ1) is 20.5. The van der Waals surface area contributed by atoms with Gasteiger partial charge in [-0.3, -0.25) is 9.59 Å². The minimum Gasteiger partial charge on any atom is -0.854 e. The molecule has 0 spiro atoms. The molecule has 0 saturated carbocycles. The Morgan fingerprint density at radius 3 is 2.69 bits per heavy atom. The van der Waals surface area contributed by atoms with Gasteiger partial charge >= 0.3 is 0 Å². The molecular formula is C31H41N6O5-. The number of rotatable bonds is 13. The van der Waals surface area contributed by atoms with E-state index in [1.807, 2.05) is 13.1 Å². The Bertz CT molecular complexity index is 1330. The fourth-order valence-corrected chi connectivity index (χ4v) is 5.69. The maximum atomic E-state index is 12.4. The molecule has 4 heterocycles. The fraction of sp³-hybridized carbons (Fsp3) is 0.548. The topological polar surface area (TPSA) is 134 Å². The number of amides is 1. The molecule has 2 aliphatic heterocycles. The van der Waals surface area contributed by atoms with Gasteiger partial charge in [-0.2, -0.15) is 0 Å². The van der Waals surface area contributed by atoms with Gasteiger partial charge in [0.1, 0.15) is 5.78 Å². The van der Waals surface area contributed by atoms with Crippen LogP contribution in [0.3, 0.4) is 0 Å². The number of nitrogens with zero attached hydrogens (tertiary/aromatic N) is 4. The minimum absolute atomic E-state index is 0.119. The van der Waals surface area contributed by atoms with Crippen LogP contribution in [0.25, 0.3) is 10.9 Å². The molecule has 1 amide bonds. The summed E-state index contributed by atoms with van der Waals surface area (Å²) >= 11 is 0. The van der Waals surface area contributed by atoms with E-state index in [1.165, 1.54) is 18.0 Å². The second-order valence-corrected chi connectivity index (χ2v) is 11.3. The molecule has 0 aliphatic carbocycles. The maximum absolute atomic E-state index is 12.4. The molecule has 0 radical (unpaired) electrons. The largest absolute Gasteiger partial charge is 0.854 e. The summed E-state index contributed by atoms with van der Waals surface area (Å²) in [6.45, 7) is 3.84. The van der Waals surface area contributed by atoms with E-state index >= 15 is 0 Å². The number of ketones is 1. The molecule has 2 aromatic heterocycles. The lowest BCUT2D eigenvalue weighted by Gasteiger charge is -2.32. The average molecular weight is 578 g/mol. The molecule has 2 saturated heterocycles. The third-order valence-corrected chi connectivity index (χ3v) is 8.10. The number of aryl methyl sites for hydroxylation is 1. The number of Topliss-reactive ketones (excluding diaryl/α,β-unsaturated/α-hetero) is 1. The van der Waals surface area contributed by atoms with Crippen molar-refractivity contribution < 1.29 is 24.3 Å². The first kappa shape index (κ1) is 30.1. The minimum atomic E-state index is -0.401. The Labute approximate surface area is 246 Å². The van der Waals surface area contributed by atoms with E-state index in [1.54, 1.807) is 0 Å². The summed E-state index contributed by atoms with van der Waals surface area (Å²) in [5, 5.41) is 15.5. The standard InChI is InChI=1S/C31H41N6O5/c1-36-21-25(27-16-23(7-8-28(27)36)15-26(39)5-4-13-38)18-32-17-22-9-11-37(12-10-22)31-33-19-24(20-34-31)30(40)35-42-29-6-2-3-14-41-29/h7-8,16,19-22,29,32H,2-6,9-15,17-18H2,1H3,(H,35,40)/q-1. The highest BCUT2D eigenvalue weighted by atomic mass is 16.8. The number of ether oxygens (including phenoxy) is 1. The monoisotopic (exact) mass is 577 g/mol. The Balaban J connectivity index is 1.06. The van der Waals surface area contributed by atoms with Crippen LogP contribution in [0, 0.1) is 5.92 Å². The first-order valence-corrected chi connectivity index (χ1v) is 15.0. The zero-order valence-electron chi connectivity index (χ0n) is 24.3. The zero-order valence-corrected chi connectivity index (χ0v) is 24.3. The summed E-state index contributed by atoms with van der Waals surface area (Å²) in [5.41, 5.74) is 6.15. The van der Waals surface area contributed by atoms with Crippen molar-refractivity contribution in [2.45, 2.75) is 64.2 Å². The van der Waals surface area contributed by atoms with E-state index in [4.69, 9.17) is 9.57 Å². The van der Waals surface area contributed by atoms with Crippen LogP contribution in [0.1, 0.15) is 66.4 Å². The van der Waals surface area contributed by atoms with E-state index in [2.05, 4.69) is 48.6 Å². The predicted molar refractivity (Wildman–Crippen MR) is 157 cm³/mol. The van der Waals surface area contributed by atoms with Crippen molar-refractivity contribution in [3.05, 3.63) is 53.5 Å². The smallest absolute Gasteiger partial charge is 0.278 e. The molecule has 1 aromatic carbocycles. The number of carbonyl (C=O) groups excluding carboxylic acids is 2. The molecule has 0 bridgehead atoms. The molecule has 226 valence electrons. The van der Waals surface area contributed by atoms with Gasteiger partial charge < -0.3 is 24.6 Å². The van der Waals surface area contributed by atoms with E-state index in [9.17, 15) is 14.7 Å². The van der Waals surface area contributed by atoms with Gasteiger partial charge in [0.05, 0.1) is 5.56 Å². The Kier molecular flexibility index (Phi) is 10.5. The second kappa shape index (κ2) is 14.7. The number of nitrogens with one attached hydrogen (secondary N) is 2. The van der Waals surface area contributed by atoms with Gasteiger partial charge in [0.15, 0.2) is 6.29 Å². The molecule has 2 aliphatic rings. The zero-order chi connectivity index (χ0) is 29.3. The molecular weight excluding hydrogens is 536 g/mol. The number of fused-ring (bicyclic) bond motifs is 1. The van der Waals surface area contributed by atoms with Crippen LogP contribution in [-0.2, 0) is 34.4 Å². The van der Waals surface area contributed by atoms with Crippen molar-refractivity contribution in [1.82, 2.24) is 25.3 Å². The first-order valence-electron chi connectivity index (χ1n) is 15.0. The van der Waals surface area contributed by atoms with E-state index in [0.717, 1.165) is 74.7 Å². The number of hydrogen-bond donors (Lipinski definition) is 2. The van der Waals surface area contributed by atoms with E-state index < -0.39 is 6.29 Å². The number of carbonyl (C=O) groups is 2. The van der Waals surface area contributed by atoms with Crippen molar-refractivity contribution in [3.63, 3.8) is 0 Å². The van der Waals surface area contributed by atoms with Crippen LogP contribution >= 0.6 is 0 Å². The van der Waals surface area contributed by atoms with Gasteiger partial charge in [0, 0.05) is 82.0 Å². The summed E-state index contributed by atoms with van der Waals surface area (Å²) in [4.78, 5) is 40.9. The highest BCUT2D eigenvalue weighted by Gasteiger charge is 2.22. The van der Waals surface area contributed by atoms with Crippen LogP contribution < -0.4 is 20.8 Å². The molecule has 5 rings (SSSR count). The number of hydroxylamine groups is 1. The normalized spacial score (nSPS) is 18.0. The summed E-state index contributed by atoms with van der Waals surface area (Å²) in [6, 6.07) is 6.20. The van der Waals surface area contributed by atoms with Crippen molar-refractivity contribution in [2.75, 3.05) is 37.7 Å². The number of hydrogen-bond acceptors (Lipinski definition) is 9. The molecule has 11 nitrogen and oxygen atoms in total. The lowest BCUT2D eigenvalue weighted by Crippen LogP contribution is -2.38. The molecule has 1 atom stereocenters. The van der Waals surface area contributed by atoms with Crippen LogP contribution in [0.4, 0.5) is 5.95 Å². The van der Waals surface area contributed by atoms with Crippen LogP contribution in [-0.4, -0.2) is 65.4 Å². The van der Waals surface area contributed by atoms with Gasteiger partial charge in [-0.15, -0.1) is 6.61 Å². The van der Waals surface area contributed by atoms with Gasteiger partial charge in [-0.05, 0) is 61.4 Å². The second-order valence-electron chi connectivity index (χ2n) is 11.3. The van der Waals surface area contributed by atoms with E-state index in [-0.39, 0.29) is 18.3 Å². The Morgan fingerprint density at radius 2 is 1.95 bits per heavy atom. The molecule has 42 heavy (non-hydrogen) atoms. The molecule has 11 heteroatoms. The summed E-state index contributed by atoms with van der Waals surface area (Å²) in [7, 11) is 2.04. The summed E-state index contributed by atoms with van der Waals surface area (Å²) < 4.78 is 7.59. The van der Waals surface area contributed by atoms with Crippen LogP contribution in [0.5, 0.6) is 0 Å². The third-order valence-electron chi connectivity index (χ3n) is 8.10. The summed E-state index contributed by atoms with van der Waals surface area (Å²) in [6.07, 6.45) is 10.8. The SMILES string of the molecule is Cn1cc(CNCC2CCN(c3ncc(C(=O)NOC4CCCCO4)cn3)CC2)c2cc(CC(=O)CCC[O-])ccc21.